The lowest BCUT2D eigenvalue weighted by atomic mass is 9.67. The van der Waals surface area contributed by atoms with Gasteiger partial charge in [0.05, 0.1) is 18.0 Å². The van der Waals surface area contributed by atoms with Gasteiger partial charge >= 0.3 is 6.18 Å². The average Bonchev–Trinajstić information content (AvgIpc) is 3.88. The molecule has 0 aromatic heterocycles. The van der Waals surface area contributed by atoms with E-state index < -0.39 is 6.18 Å². The monoisotopic (exact) mass is 830 g/mol. The van der Waals surface area contributed by atoms with Gasteiger partial charge in [0.1, 0.15) is 0 Å². The number of halogens is 5. The zero-order chi connectivity index (χ0) is 43.4. The van der Waals surface area contributed by atoms with Gasteiger partial charge in [-0.3, -0.25) is 4.39 Å². The Morgan fingerprint density at radius 1 is 0.344 bits per heavy atom. The zero-order valence-electron chi connectivity index (χ0n) is 34.9. The molecule has 0 fully saturated rings. The fourth-order valence-corrected chi connectivity index (χ4v) is 9.77. The lowest BCUT2D eigenvalue weighted by Gasteiger charge is -2.34. The van der Waals surface area contributed by atoms with E-state index in [0.29, 0.717) is 7.18 Å². The van der Waals surface area contributed by atoms with Gasteiger partial charge in [0.15, 0.2) is 0 Å². The van der Waals surface area contributed by atoms with Crippen molar-refractivity contribution in [2.45, 2.75) is 37.8 Å². The number of benzene rings is 8. The molecule has 306 valence electrons. The first-order chi connectivity index (χ1) is 29.6. The molecular weight excluding hydrogens is 784 g/mol. The summed E-state index contributed by atoms with van der Waals surface area (Å²) in [5, 5.41) is 0. The molecule has 0 saturated heterocycles. The van der Waals surface area contributed by atoms with E-state index in [9.17, 15) is 17.6 Å². The molecule has 1 spiro atoms. The van der Waals surface area contributed by atoms with Gasteiger partial charge in [0.2, 0.25) is 0 Å². The maximum absolute atomic E-state index is 10.4. The summed E-state index contributed by atoms with van der Waals surface area (Å²) in [5.74, 6) is 0. The van der Waals surface area contributed by atoms with Gasteiger partial charge in [-0.2, -0.15) is 13.2 Å². The number of alkyl halides is 5. The minimum Gasteiger partial charge on any atom is -0.255 e. The molecule has 0 heterocycles. The Kier molecular flexibility index (Phi) is 12.5. The summed E-state index contributed by atoms with van der Waals surface area (Å²) in [5.41, 5.74) is 21.4. The van der Waals surface area contributed by atoms with Crippen LogP contribution >= 0.6 is 11.6 Å². The van der Waals surface area contributed by atoms with E-state index in [2.05, 4.69) is 220 Å². The Hall–Kier alpha value is -6.23. The number of rotatable bonds is 2. The molecule has 8 aromatic rings. The lowest BCUT2D eigenvalue weighted by Crippen LogP contribution is -2.28. The van der Waals surface area contributed by atoms with E-state index in [1.54, 1.807) is 0 Å². The maximum Gasteiger partial charge on any atom is 0.386 e. The highest BCUT2D eigenvalue weighted by atomic mass is 35.5. The van der Waals surface area contributed by atoms with Crippen molar-refractivity contribution < 1.29 is 17.6 Å². The molecule has 0 amide bonds. The molecule has 0 saturated carbocycles. The van der Waals surface area contributed by atoms with Crippen LogP contribution in [0, 0.1) is 13.8 Å². The molecule has 0 unspecified atom stereocenters. The molecule has 0 atom stereocenters. The lowest BCUT2D eigenvalue weighted by molar-refractivity contribution is -0.110. The zero-order valence-corrected chi connectivity index (χ0v) is 35.6. The smallest absolute Gasteiger partial charge is 0.255 e. The van der Waals surface area contributed by atoms with E-state index in [0.717, 1.165) is 0 Å². The summed E-state index contributed by atoms with van der Waals surface area (Å²) in [7, 11) is 0.500. The standard InChI is InChI=1S/C26H18.C26H20.C2H3F3.CH3Cl.CH3F/c1-17-14-15-21-20-10-4-7-13-24(20)26(25(21)16-17)22-11-5-2-8-18(22)19-9-3-6-12-23(19)26;1-19-16-17-23-22-14-8-9-15-24(22)26(25(23)18-19,20-10-4-2-5-11-20)21-12-6-3-7-13-21;1-2(3,4)5;2*1-2/h2-16H,1H3;2-18H,1H3;1H3;2*1H3. The summed E-state index contributed by atoms with van der Waals surface area (Å²) in [6, 6.07) is 71.4. The van der Waals surface area contributed by atoms with E-state index >= 15 is 0 Å². The Labute approximate surface area is 362 Å². The predicted molar refractivity (Wildman–Crippen MR) is 246 cm³/mol. The van der Waals surface area contributed by atoms with Gasteiger partial charge in [-0.05, 0) is 91.7 Å². The molecule has 0 aliphatic heterocycles. The molecule has 8 aromatic carbocycles. The first-order valence-electron chi connectivity index (χ1n) is 20.2. The average molecular weight is 831 g/mol. The third-order valence-corrected chi connectivity index (χ3v) is 11.8. The highest BCUT2D eigenvalue weighted by molar-refractivity contribution is 6.15. The maximum atomic E-state index is 10.4. The Morgan fingerprint density at radius 3 is 0.918 bits per heavy atom. The van der Waals surface area contributed by atoms with Gasteiger partial charge in [-0.15, -0.1) is 11.6 Å². The molecule has 0 radical (unpaired) electrons. The van der Waals surface area contributed by atoms with Crippen molar-refractivity contribution in [3.8, 4) is 33.4 Å². The van der Waals surface area contributed by atoms with E-state index in [1.165, 1.54) is 95.4 Å². The van der Waals surface area contributed by atoms with E-state index in [4.69, 9.17) is 0 Å². The normalized spacial score (nSPS) is 13.3. The van der Waals surface area contributed by atoms with Gasteiger partial charge in [-0.1, -0.05) is 205 Å². The van der Waals surface area contributed by atoms with E-state index in [-0.39, 0.29) is 17.8 Å². The second kappa shape index (κ2) is 17.8. The van der Waals surface area contributed by atoms with Crippen molar-refractivity contribution in [1.82, 2.24) is 0 Å². The van der Waals surface area contributed by atoms with Crippen LogP contribution in [-0.4, -0.2) is 19.7 Å². The molecule has 3 aliphatic rings. The van der Waals surface area contributed by atoms with Crippen LogP contribution in [0.2, 0.25) is 0 Å². The SMILES string of the molecule is CC(F)(F)F.CCl.CF.Cc1ccc2c(c1)C(c1ccccc1)(c1ccccc1)c1ccccc1-2.Cc1ccc2c(c1)C1(c3ccccc3-c3ccccc31)c1ccccc1-2. The van der Waals surface area contributed by atoms with Crippen LogP contribution in [0.15, 0.2) is 194 Å². The minimum absolute atomic E-state index is 0.188. The van der Waals surface area contributed by atoms with Crippen LogP contribution in [-0.2, 0) is 10.8 Å². The van der Waals surface area contributed by atoms with Crippen molar-refractivity contribution in [3.63, 3.8) is 0 Å². The topological polar surface area (TPSA) is 0 Å². The van der Waals surface area contributed by atoms with Crippen LogP contribution in [0.1, 0.15) is 62.6 Å². The fraction of sp³-hybridized carbons (Fsp3) is 0.143. The number of fused-ring (bicyclic) bond motifs is 13. The quantitative estimate of drug-likeness (QED) is 0.120. The Morgan fingerprint density at radius 2 is 0.590 bits per heavy atom. The summed E-state index contributed by atoms with van der Waals surface area (Å²) in [4.78, 5) is 0. The highest BCUT2D eigenvalue weighted by Gasteiger charge is 2.51. The first kappa shape index (κ1) is 42.9. The number of hydrogen-bond donors (Lipinski definition) is 0. The molecule has 0 bridgehead atoms. The van der Waals surface area contributed by atoms with Crippen LogP contribution in [0.4, 0.5) is 17.6 Å². The summed E-state index contributed by atoms with van der Waals surface area (Å²) in [6.07, 6.45) is -2.53. The first-order valence-corrected chi connectivity index (χ1v) is 20.9. The van der Waals surface area contributed by atoms with E-state index in [1.807, 2.05) is 0 Å². The third kappa shape index (κ3) is 7.38. The van der Waals surface area contributed by atoms with Crippen LogP contribution in [0.5, 0.6) is 0 Å². The number of aryl methyl sites for hydroxylation is 2. The van der Waals surface area contributed by atoms with Crippen molar-refractivity contribution in [1.29, 1.82) is 0 Å². The third-order valence-electron chi connectivity index (χ3n) is 11.8. The van der Waals surface area contributed by atoms with Crippen LogP contribution in [0.25, 0.3) is 33.4 Å². The van der Waals surface area contributed by atoms with Gasteiger partial charge < -0.3 is 0 Å². The van der Waals surface area contributed by atoms with Crippen molar-refractivity contribution in [3.05, 3.63) is 250 Å². The summed E-state index contributed by atoms with van der Waals surface area (Å²) >= 11 is 4.64. The Bertz CT molecular complexity index is 2560. The fourth-order valence-electron chi connectivity index (χ4n) is 9.77. The molecule has 0 N–H and O–H groups in total. The molecule has 5 heteroatoms. The summed E-state index contributed by atoms with van der Waals surface area (Å²) < 4.78 is 40.6. The summed E-state index contributed by atoms with van der Waals surface area (Å²) in [6.45, 7) is 4.57. The molecule has 3 aliphatic carbocycles. The second-order valence-electron chi connectivity index (χ2n) is 15.3. The van der Waals surface area contributed by atoms with Crippen molar-refractivity contribution in [2.75, 3.05) is 13.6 Å². The largest absolute Gasteiger partial charge is 0.386 e. The predicted octanol–water partition coefficient (Wildman–Crippen LogP) is 15.7. The molecule has 61 heavy (non-hydrogen) atoms. The van der Waals surface area contributed by atoms with Gasteiger partial charge in [-0.25, -0.2) is 0 Å². The van der Waals surface area contributed by atoms with Crippen LogP contribution < -0.4 is 0 Å². The van der Waals surface area contributed by atoms with Gasteiger partial charge in [0.25, 0.3) is 0 Å². The van der Waals surface area contributed by atoms with Crippen molar-refractivity contribution in [2.24, 2.45) is 0 Å². The van der Waals surface area contributed by atoms with Gasteiger partial charge in [0, 0.05) is 13.3 Å². The second-order valence-corrected chi connectivity index (χ2v) is 15.3. The molecular formula is C56H47ClF4. The minimum atomic E-state index is -4.00. The molecule has 0 nitrogen and oxygen atoms in total. The number of hydrogen-bond acceptors (Lipinski definition) is 0. The highest BCUT2D eigenvalue weighted by Crippen LogP contribution is 2.63. The van der Waals surface area contributed by atoms with Crippen molar-refractivity contribution >= 4 is 11.6 Å². The van der Waals surface area contributed by atoms with Crippen LogP contribution in [0.3, 0.4) is 0 Å². The molecule has 11 rings (SSSR count). The Balaban J connectivity index is 0.000000155.